The van der Waals surface area contributed by atoms with E-state index >= 15 is 0 Å². The molecule has 0 bridgehead atoms. The molecule has 2 N–H and O–H groups in total. The molecular formula is C15H22N2O2. The number of rotatable bonds is 6. The van der Waals surface area contributed by atoms with Gasteiger partial charge in [0.2, 0.25) is 0 Å². The topological polar surface area (TPSA) is 52.6 Å². The van der Waals surface area contributed by atoms with E-state index in [1.807, 2.05) is 30.0 Å². The van der Waals surface area contributed by atoms with Crippen molar-refractivity contribution in [2.24, 2.45) is 0 Å². The average Bonchev–Trinajstić information content (AvgIpc) is 2.76. The number of likely N-dealkylation sites (N-methyl/N-ethyl adjacent to an activating group) is 1. The van der Waals surface area contributed by atoms with Crippen LogP contribution in [-0.2, 0) is 6.42 Å². The predicted octanol–water partition coefficient (Wildman–Crippen LogP) is 1.54. The van der Waals surface area contributed by atoms with Gasteiger partial charge in [0, 0.05) is 23.8 Å². The summed E-state index contributed by atoms with van der Waals surface area (Å²) in [5.74, 6) is 0.123. The molecule has 0 radical (unpaired) electrons. The van der Waals surface area contributed by atoms with Gasteiger partial charge in [-0.15, -0.1) is 0 Å². The zero-order chi connectivity index (χ0) is 13.8. The first-order chi connectivity index (χ1) is 9.13. The Morgan fingerprint density at radius 3 is 3.00 bits per heavy atom. The summed E-state index contributed by atoms with van der Waals surface area (Å²) in [7, 11) is 0. The van der Waals surface area contributed by atoms with Crippen LogP contribution < -0.4 is 5.32 Å². The van der Waals surface area contributed by atoms with E-state index in [1.54, 1.807) is 0 Å². The lowest BCUT2D eigenvalue weighted by Crippen LogP contribution is -2.32. The van der Waals surface area contributed by atoms with Gasteiger partial charge in [-0.05, 0) is 43.7 Å². The molecule has 4 heteroatoms. The predicted molar refractivity (Wildman–Crippen MR) is 76.8 cm³/mol. The first-order valence-corrected chi connectivity index (χ1v) is 6.90. The molecule has 0 spiro atoms. The van der Waals surface area contributed by atoms with Gasteiger partial charge in [0.15, 0.2) is 5.78 Å². The molecule has 0 amide bonds. The lowest BCUT2D eigenvalue weighted by atomic mass is 10.0. The molecule has 1 aliphatic heterocycles. The molecule has 1 heterocycles. The average molecular weight is 262 g/mol. The van der Waals surface area contributed by atoms with Crippen LogP contribution >= 0.6 is 0 Å². The van der Waals surface area contributed by atoms with Crippen molar-refractivity contribution in [3.63, 3.8) is 0 Å². The number of carbonyl (C=O) groups excluding carboxylic acids is 1. The van der Waals surface area contributed by atoms with Crippen LogP contribution in [0.5, 0.6) is 0 Å². The third kappa shape index (κ3) is 3.33. The number of nitrogens with zero attached hydrogens (tertiary/aromatic N) is 1. The zero-order valence-corrected chi connectivity index (χ0v) is 11.6. The number of aliphatic hydroxyl groups is 1. The fourth-order valence-electron chi connectivity index (χ4n) is 2.51. The van der Waals surface area contributed by atoms with Crippen molar-refractivity contribution in [2.45, 2.75) is 26.3 Å². The number of Topliss-reactive ketones (excluding diaryl/α,β-unsaturated/α-hetero) is 1. The third-order valence-electron chi connectivity index (χ3n) is 3.59. The quantitative estimate of drug-likeness (QED) is 0.764. The molecule has 1 aromatic rings. The number of anilines is 1. The Kier molecular flexibility index (Phi) is 4.56. The Morgan fingerprint density at radius 1 is 1.53 bits per heavy atom. The van der Waals surface area contributed by atoms with Crippen molar-refractivity contribution in [3.8, 4) is 0 Å². The van der Waals surface area contributed by atoms with Gasteiger partial charge in [-0.25, -0.2) is 0 Å². The summed E-state index contributed by atoms with van der Waals surface area (Å²) in [4.78, 5) is 14.2. The largest absolute Gasteiger partial charge is 0.395 e. The van der Waals surface area contributed by atoms with E-state index in [4.69, 9.17) is 5.11 Å². The molecule has 1 aromatic carbocycles. The van der Waals surface area contributed by atoms with Crippen LogP contribution in [0.25, 0.3) is 0 Å². The van der Waals surface area contributed by atoms with Gasteiger partial charge in [0.05, 0.1) is 13.2 Å². The Hall–Kier alpha value is -1.39. The van der Waals surface area contributed by atoms with Crippen LogP contribution in [0.3, 0.4) is 0 Å². The van der Waals surface area contributed by atoms with Gasteiger partial charge < -0.3 is 10.4 Å². The molecule has 0 fully saturated rings. The number of nitrogens with one attached hydrogen (secondary N) is 1. The first kappa shape index (κ1) is 14.0. The standard InChI is InChI=1S/C15H22N2O2/c1-3-17(6-7-18)10-15(19)12-4-5-14-13(9-12)8-11(2)16-14/h4-5,9,11,16,18H,3,6-8,10H2,1-2H3. The summed E-state index contributed by atoms with van der Waals surface area (Å²) in [6, 6.07) is 6.33. The van der Waals surface area contributed by atoms with E-state index in [1.165, 1.54) is 5.56 Å². The highest BCUT2D eigenvalue weighted by Crippen LogP contribution is 2.26. The van der Waals surface area contributed by atoms with E-state index in [0.29, 0.717) is 19.1 Å². The zero-order valence-electron chi connectivity index (χ0n) is 11.6. The molecule has 4 nitrogen and oxygen atoms in total. The maximum Gasteiger partial charge on any atom is 0.176 e. The molecule has 0 saturated heterocycles. The van der Waals surface area contributed by atoms with Crippen LogP contribution in [0.15, 0.2) is 18.2 Å². The van der Waals surface area contributed by atoms with Crippen LogP contribution in [0, 0.1) is 0 Å². The molecule has 2 rings (SSSR count). The second-order valence-corrected chi connectivity index (χ2v) is 5.14. The van der Waals surface area contributed by atoms with E-state index in [0.717, 1.165) is 24.2 Å². The van der Waals surface area contributed by atoms with E-state index < -0.39 is 0 Å². The number of fused-ring (bicyclic) bond motifs is 1. The van der Waals surface area contributed by atoms with Crippen molar-refractivity contribution in [3.05, 3.63) is 29.3 Å². The Labute approximate surface area is 114 Å². The molecule has 19 heavy (non-hydrogen) atoms. The number of hydrogen-bond donors (Lipinski definition) is 2. The van der Waals surface area contributed by atoms with Crippen LogP contribution in [0.1, 0.15) is 29.8 Å². The second-order valence-electron chi connectivity index (χ2n) is 5.14. The Morgan fingerprint density at radius 2 is 2.32 bits per heavy atom. The van der Waals surface area contributed by atoms with Gasteiger partial charge in [-0.2, -0.15) is 0 Å². The van der Waals surface area contributed by atoms with Crippen LogP contribution in [0.2, 0.25) is 0 Å². The van der Waals surface area contributed by atoms with E-state index in [9.17, 15) is 4.79 Å². The molecule has 0 aliphatic carbocycles. The van der Waals surface area contributed by atoms with Crippen LogP contribution in [-0.4, -0.2) is 48.1 Å². The maximum atomic E-state index is 12.2. The Balaban J connectivity index is 2.06. The van der Waals surface area contributed by atoms with Crippen molar-refractivity contribution in [1.82, 2.24) is 4.90 Å². The number of ketones is 1. The number of aliphatic hydroxyl groups excluding tert-OH is 1. The van der Waals surface area contributed by atoms with E-state index in [2.05, 4.69) is 12.2 Å². The highest BCUT2D eigenvalue weighted by atomic mass is 16.3. The molecule has 0 aromatic heterocycles. The van der Waals surface area contributed by atoms with Gasteiger partial charge in [-0.3, -0.25) is 9.69 Å². The van der Waals surface area contributed by atoms with Crippen molar-refractivity contribution in [2.75, 3.05) is 31.6 Å². The summed E-state index contributed by atoms with van der Waals surface area (Å²) >= 11 is 0. The molecule has 0 saturated carbocycles. The van der Waals surface area contributed by atoms with Crippen molar-refractivity contribution in [1.29, 1.82) is 0 Å². The smallest absolute Gasteiger partial charge is 0.176 e. The lowest BCUT2D eigenvalue weighted by molar-refractivity contribution is 0.0919. The highest BCUT2D eigenvalue weighted by Gasteiger charge is 2.19. The van der Waals surface area contributed by atoms with Crippen molar-refractivity contribution < 1.29 is 9.90 Å². The normalized spacial score (nSPS) is 17.4. The summed E-state index contributed by atoms with van der Waals surface area (Å²) in [6.45, 7) is 5.92. The summed E-state index contributed by atoms with van der Waals surface area (Å²) in [5, 5.41) is 12.3. The first-order valence-electron chi connectivity index (χ1n) is 6.90. The maximum absolute atomic E-state index is 12.2. The second kappa shape index (κ2) is 6.17. The lowest BCUT2D eigenvalue weighted by Gasteiger charge is -2.18. The monoisotopic (exact) mass is 262 g/mol. The van der Waals surface area contributed by atoms with Gasteiger partial charge in [-0.1, -0.05) is 6.92 Å². The number of hydrogen-bond acceptors (Lipinski definition) is 4. The fraction of sp³-hybridized carbons (Fsp3) is 0.533. The Bertz CT molecular complexity index is 459. The minimum Gasteiger partial charge on any atom is -0.395 e. The molecule has 1 aliphatic rings. The summed E-state index contributed by atoms with van der Waals surface area (Å²) in [6.07, 6.45) is 0.977. The molecule has 1 atom stereocenters. The minimum atomic E-state index is 0.0900. The van der Waals surface area contributed by atoms with Gasteiger partial charge in [0.25, 0.3) is 0 Å². The van der Waals surface area contributed by atoms with E-state index in [-0.39, 0.29) is 12.4 Å². The van der Waals surface area contributed by atoms with Crippen LogP contribution in [0.4, 0.5) is 5.69 Å². The summed E-state index contributed by atoms with van der Waals surface area (Å²) in [5.41, 5.74) is 3.14. The fourth-order valence-corrected chi connectivity index (χ4v) is 2.51. The third-order valence-corrected chi connectivity index (χ3v) is 3.59. The summed E-state index contributed by atoms with van der Waals surface area (Å²) < 4.78 is 0. The number of carbonyl (C=O) groups is 1. The molecular weight excluding hydrogens is 240 g/mol. The van der Waals surface area contributed by atoms with Crippen molar-refractivity contribution >= 4 is 11.5 Å². The highest BCUT2D eigenvalue weighted by molar-refractivity contribution is 5.98. The minimum absolute atomic E-state index is 0.0900. The van der Waals surface area contributed by atoms with Gasteiger partial charge >= 0.3 is 0 Å². The molecule has 104 valence electrons. The number of benzene rings is 1. The molecule has 1 unspecified atom stereocenters. The van der Waals surface area contributed by atoms with Gasteiger partial charge in [0.1, 0.15) is 0 Å². The SMILES string of the molecule is CCN(CCO)CC(=O)c1ccc2c(c1)CC(C)N2.